The molecule has 0 aliphatic carbocycles. The van der Waals surface area contributed by atoms with Crippen LogP contribution >= 0.6 is 0 Å². The molecule has 37 heavy (non-hydrogen) atoms. The summed E-state index contributed by atoms with van der Waals surface area (Å²) in [5.74, 6) is -3.73. The number of benzene rings is 2. The lowest BCUT2D eigenvalue weighted by Gasteiger charge is -2.28. The maximum absolute atomic E-state index is 13.3. The fourth-order valence-corrected chi connectivity index (χ4v) is 5.02. The highest BCUT2D eigenvalue weighted by atomic mass is 32.2. The van der Waals surface area contributed by atoms with Gasteiger partial charge in [-0.3, -0.25) is 4.79 Å². The number of aliphatic hydroxyl groups is 1. The van der Waals surface area contributed by atoms with E-state index < -0.39 is 73.1 Å². The molecule has 196 valence electrons. The molecule has 2 aromatic carbocycles. The number of carbonyl (C=O) groups is 1. The van der Waals surface area contributed by atoms with Crippen LogP contribution in [-0.2, 0) is 38.3 Å². The van der Waals surface area contributed by atoms with E-state index in [0.29, 0.717) is 30.3 Å². The molecule has 0 fully saturated rings. The summed E-state index contributed by atoms with van der Waals surface area (Å²) in [6, 6.07) is 8.48. The predicted octanol–water partition coefficient (Wildman–Crippen LogP) is 4.63. The topological polar surface area (TPSA) is 120 Å². The highest BCUT2D eigenvalue weighted by Gasteiger charge is 2.44. The van der Waals surface area contributed by atoms with Crippen LogP contribution in [0.25, 0.3) is 0 Å². The van der Waals surface area contributed by atoms with Crippen molar-refractivity contribution in [2.75, 3.05) is 11.1 Å². The Kier molecular flexibility index (Phi) is 7.43. The number of nitrogens with zero attached hydrogens (tertiary/aromatic N) is 1. The van der Waals surface area contributed by atoms with E-state index in [1.54, 1.807) is 0 Å². The van der Waals surface area contributed by atoms with E-state index in [2.05, 4.69) is 0 Å². The van der Waals surface area contributed by atoms with Crippen LogP contribution in [0.1, 0.15) is 28.0 Å². The lowest BCUT2D eigenvalue weighted by Crippen LogP contribution is -2.46. The van der Waals surface area contributed by atoms with Crippen LogP contribution in [0.3, 0.4) is 0 Å². The largest absolute Gasteiger partial charge is 0.468 e. The van der Waals surface area contributed by atoms with E-state index in [1.165, 1.54) is 24.5 Å². The molecule has 0 bridgehead atoms. The number of nitrogens with one attached hydrogen (secondary N) is 1. The van der Waals surface area contributed by atoms with Crippen LogP contribution in [0.15, 0.2) is 65.3 Å². The Morgan fingerprint density at radius 1 is 0.973 bits per heavy atom. The first-order valence-corrected chi connectivity index (χ1v) is 11.9. The standard InChI is InChI=1S/C23H16F6N2O5S/c24-22(25,26)16-6-4-15(5-7-16)21(33,13-37(34,35)12-18-2-1-9-36-18)20(32)31-17-8-3-14(11-30)19(10-17)23(27,28)29/h1-10,33H,12-13H2,(H,31,32). The zero-order valence-corrected chi connectivity index (χ0v) is 19.2. The number of nitriles is 1. The molecule has 2 N–H and O–H groups in total. The van der Waals surface area contributed by atoms with Gasteiger partial charge in [-0.15, -0.1) is 0 Å². The van der Waals surface area contributed by atoms with Gasteiger partial charge in [-0.25, -0.2) is 8.42 Å². The Labute approximate surface area is 205 Å². The van der Waals surface area contributed by atoms with Gasteiger partial charge in [0.25, 0.3) is 5.91 Å². The average molecular weight is 546 g/mol. The molecular weight excluding hydrogens is 530 g/mol. The average Bonchev–Trinajstić information content (AvgIpc) is 3.29. The number of rotatable bonds is 7. The van der Waals surface area contributed by atoms with Crippen LogP contribution in [0.5, 0.6) is 0 Å². The van der Waals surface area contributed by atoms with Crippen molar-refractivity contribution in [2.24, 2.45) is 0 Å². The van der Waals surface area contributed by atoms with Gasteiger partial charge in [0.2, 0.25) is 0 Å². The van der Waals surface area contributed by atoms with Crippen molar-refractivity contribution in [3.05, 3.63) is 88.9 Å². The molecule has 7 nitrogen and oxygen atoms in total. The summed E-state index contributed by atoms with van der Waals surface area (Å²) in [5, 5.41) is 22.1. The maximum Gasteiger partial charge on any atom is 0.417 e. The maximum atomic E-state index is 13.3. The molecule has 0 saturated carbocycles. The first-order chi connectivity index (χ1) is 17.0. The van der Waals surface area contributed by atoms with E-state index in [4.69, 9.17) is 9.68 Å². The summed E-state index contributed by atoms with van der Waals surface area (Å²) < 4.78 is 109. The predicted molar refractivity (Wildman–Crippen MR) is 116 cm³/mol. The van der Waals surface area contributed by atoms with Gasteiger partial charge in [0.1, 0.15) is 11.5 Å². The number of alkyl halides is 6. The summed E-state index contributed by atoms with van der Waals surface area (Å²) >= 11 is 0. The second kappa shape index (κ2) is 9.91. The minimum atomic E-state index is -4.98. The Bertz CT molecular complexity index is 1430. The van der Waals surface area contributed by atoms with Gasteiger partial charge in [-0.2, -0.15) is 31.6 Å². The highest BCUT2D eigenvalue weighted by molar-refractivity contribution is 7.90. The second-order valence-electron chi connectivity index (χ2n) is 7.87. The third kappa shape index (κ3) is 6.49. The number of sulfone groups is 1. The van der Waals surface area contributed by atoms with Crippen LogP contribution in [0, 0.1) is 11.3 Å². The van der Waals surface area contributed by atoms with Crippen LogP contribution in [0.4, 0.5) is 32.0 Å². The van der Waals surface area contributed by atoms with Crippen LogP contribution in [0.2, 0.25) is 0 Å². The van der Waals surface area contributed by atoms with Gasteiger partial charge in [0, 0.05) is 5.69 Å². The zero-order valence-electron chi connectivity index (χ0n) is 18.4. The van der Waals surface area contributed by atoms with Crippen molar-refractivity contribution < 1.29 is 49.1 Å². The number of hydrogen-bond acceptors (Lipinski definition) is 6. The lowest BCUT2D eigenvalue weighted by atomic mass is 9.93. The third-order valence-corrected chi connectivity index (χ3v) is 6.72. The Balaban J connectivity index is 2.03. The smallest absolute Gasteiger partial charge is 0.417 e. The minimum absolute atomic E-state index is 0.0583. The minimum Gasteiger partial charge on any atom is -0.468 e. The Morgan fingerprint density at radius 3 is 2.11 bits per heavy atom. The van der Waals surface area contributed by atoms with Crippen molar-refractivity contribution in [3.63, 3.8) is 0 Å². The summed E-state index contributed by atoms with van der Waals surface area (Å²) in [5.41, 5.74) is -7.46. The lowest BCUT2D eigenvalue weighted by molar-refractivity contribution is -0.138. The molecule has 3 aromatic rings. The molecule has 0 aliphatic rings. The van der Waals surface area contributed by atoms with E-state index >= 15 is 0 Å². The molecule has 1 unspecified atom stereocenters. The molecule has 0 saturated heterocycles. The molecule has 1 amide bonds. The van der Waals surface area contributed by atoms with Crippen molar-refractivity contribution in [3.8, 4) is 6.07 Å². The van der Waals surface area contributed by atoms with Gasteiger partial charge >= 0.3 is 12.4 Å². The zero-order chi connectivity index (χ0) is 27.6. The van der Waals surface area contributed by atoms with Crippen molar-refractivity contribution in [2.45, 2.75) is 23.7 Å². The molecule has 1 heterocycles. The van der Waals surface area contributed by atoms with Crippen LogP contribution in [-0.4, -0.2) is 25.2 Å². The first kappa shape index (κ1) is 27.8. The molecular formula is C23H16F6N2O5S. The van der Waals surface area contributed by atoms with Crippen LogP contribution < -0.4 is 5.32 Å². The summed E-state index contributed by atoms with van der Waals surface area (Å²) in [4.78, 5) is 13.1. The number of carbonyl (C=O) groups excluding carboxylic acids is 1. The monoisotopic (exact) mass is 546 g/mol. The Hall–Kier alpha value is -3.83. The van der Waals surface area contributed by atoms with Crippen molar-refractivity contribution in [1.29, 1.82) is 5.26 Å². The van der Waals surface area contributed by atoms with Crippen molar-refractivity contribution in [1.82, 2.24) is 0 Å². The summed E-state index contributed by atoms with van der Waals surface area (Å²) in [6.45, 7) is 0. The number of amides is 1. The van der Waals surface area contributed by atoms with Gasteiger partial charge in [0.15, 0.2) is 15.4 Å². The van der Waals surface area contributed by atoms with E-state index in [0.717, 1.165) is 12.1 Å². The molecule has 0 radical (unpaired) electrons. The molecule has 14 heteroatoms. The highest BCUT2D eigenvalue weighted by Crippen LogP contribution is 2.35. The fraction of sp³-hybridized carbons (Fsp3) is 0.217. The number of furan rings is 1. The Morgan fingerprint density at radius 2 is 1.59 bits per heavy atom. The van der Waals surface area contributed by atoms with Crippen molar-refractivity contribution >= 4 is 21.4 Å². The third-order valence-electron chi connectivity index (χ3n) is 5.14. The number of halogens is 6. The summed E-state index contributed by atoms with van der Waals surface area (Å²) in [6.07, 6.45) is -8.59. The van der Waals surface area contributed by atoms with Gasteiger partial charge in [-0.05, 0) is 48.0 Å². The van der Waals surface area contributed by atoms with E-state index in [9.17, 15) is 44.7 Å². The number of anilines is 1. The molecule has 1 atom stereocenters. The normalized spacial score (nSPS) is 14.0. The van der Waals surface area contributed by atoms with Gasteiger partial charge in [-0.1, -0.05) is 12.1 Å². The van der Waals surface area contributed by atoms with Gasteiger partial charge in [0.05, 0.1) is 34.8 Å². The molecule has 0 aliphatic heterocycles. The summed E-state index contributed by atoms with van der Waals surface area (Å²) in [7, 11) is -4.38. The quantitative estimate of drug-likeness (QED) is 0.417. The van der Waals surface area contributed by atoms with E-state index in [1.807, 2.05) is 5.32 Å². The fourth-order valence-electron chi connectivity index (χ4n) is 3.38. The number of hydrogen-bond donors (Lipinski definition) is 2. The molecule has 0 spiro atoms. The second-order valence-corrected chi connectivity index (χ2v) is 9.94. The molecule has 1 aromatic heterocycles. The molecule has 3 rings (SSSR count). The SMILES string of the molecule is N#Cc1ccc(NC(=O)C(O)(CS(=O)(=O)Cc2ccco2)c2ccc(C(F)(F)F)cc2)cc1C(F)(F)F. The first-order valence-electron chi connectivity index (χ1n) is 10.1. The van der Waals surface area contributed by atoms with Gasteiger partial charge < -0.3 is 14.8 Å². The van der Waals surface area contributed by atoms with E-state index in [-0.39, 0.29) is 5.76 Å².